The normalized spacial score (nSPS) is 11.0. The van der Waals surface area contributed by atoms with Gasteiger partial charge in [0, 0.05) is 17.2 Å². The molecule has 3 heteroatoms. The summed E-state index contributed by atoms with van der Waals surface area (Å²) in [5, 5.41) is 2.85. The molecule has 3 aromatic rings. The smallest absolute Gasteiger partial charge is 0.255 e. The molecular weight excluding hydrogens is 310 g/mol. The van der Waals surface area contributed by atoms with E-state index in [2.05, 4.69) is 5.32 Å². The topological polar surface area (TPSA) is 46.2 Å². The molecule has 0 fully saturated rings. The number of carbonyl (C=O) groups is 2. The lowest BCUT2D eigenvalue weighted by atomic mass is 10.1. The van der Waals surface area contributed by atoms with E-state index >= 15 is 0 Å². The summed E-state index contributed by atoms with van der Waals surface area (Å²) in [6.45, 7) is 0. The standard InChI is InChI=1S/C22H17NO2/c24-21(18-12-6-2-7-13-18)16-20(17-10-4-1-5-11-17)23-22(25)19-14-8-3-9-15-19/h1-16H,(H,23,25). The summed E-state index contributed by atoms with van der Waals surface area (Å²) in [5.41, 5.74) is 2.36. The summed E-state index contributed by atoms with van der Waals surface area (Å²) in [6, 6.07) is 27.2. The number of benzene rings is 3. The van der Waals surface area contributed by atoms with Gasteiger partial charge in [0.05, 0.1) is 5.70 Å². The summed E-state index contributed by atoms with van der Waals surface area (Å²) in [4.78, 5) is 25.0. The van der Waals surface area contributed by atoms with Gasteiger partial charge in [0.15, 0.2) is 5.78 Å². The number of nitrogens with one attached hydrogen (secondary N) is 1. The quantitative estimate of drug-likeness (QED) is 0.560. The van der Waals surface area contributed by atoms with Crippen LogP contribution >= 0.6 is 0 Å². The molecule has 3 nitrogen and oxygen atoms in total. The van der Waals surface area contributed by atoms with Gasteiger partial charge in [-0.3, -0.25) is 9.59 Å². The van der Waals surface area contributed by atoms with E-state index in [1.54, 1.807) is 36.4 Å². The predicted molar refractivity (Wildman–Crippen MR) is 99.1 cm³/mol. The van der Waals surface area contributed by atoms with E-state index in [4.69, 9.17) is 0 Å². The molecule has 122 valence electrons. The average molecular weight is 327 g/mol. The molecule has 0 unspecified atom stereocenters. The highest BCUT2D eigenvalue weighted by Gasteiger charge is 2.11. The van der Waals surface area contributed by atoms with Crippen molar-refractivity contribution in [3.8, 4) is 0 Å². The minimum Gasteiger partial charge on any atom is -0.321 e. The zero-order valence-corrected chi connectivity index (χ0v) is 13.6. The number of rotatable bonds is 5. The van der Waals surface area contributed by atoms with Crippen molar-refractivity contribution in [1.82, 2.24) is 5.32 Å². The molecule has 0 aromatic heterocycles. The monoisotopic (exact) mass is 327 g/mol. The van der Waals surface area contributed by atoms with Crippen molar-refractivity contribution in [3.05, 3.63) is 114 Å². The van der Waals surface area contributed by atoms with E-state index in [0.717, 1.165) is 5.56 Å². The number of carbonyl (C=O) groups excluding carboxylic acids is 2. The molecule has 0 radical (unpaired) electrons. The van der Waals surface area contributed by atoms with Crippen LogP contribution in [0.2, 0.25) is 0 Å². The van der Waals surface area contributed by atoms with Gasteiger partial charge in [-0.05, 0) is 17.7 Å². The Morgan fingerprint density at radius 1 is 0.600 bits per heavy atom. The van der Waals surface area contributed by atoms with Crippen molar-refractivity contribution in [2.45, 2.75) is 0 Å². The van der Waals surface area contributed by atoms with Crippen molar-refractivity contribution in [2.24, 2.45) is 0 Å². The maximum absolute atomic E-state index is 12.5. The number of allylic oxidation sites excluding steroid dienone is 1. The van der Waals surface area contributed by atoms with Gasteiger partial charge in [0.1, 0.15) is 0 Å². The molecule has 0 bridgehead atoms. The van der Waals surface area contributed by atoms with Crippen LogP contribution in [0, 0.1) is 0 Å². The van der Waals surface area contributed by atoms with Crippen LogP contribution in [-0.2, 0) is 0 Å². The second-order valence-corrected chi connectivity index (χ2v) is 5.47. The Hall–Kier alpha value is -3.46. The van der Waals surface area contributed by atoms with Crippen LogP contribution in [0.25, 0.3) is 5.70 Å². The van der Waals surface area contributed by atoms with E-state index in [9.17, 15) is 9.59 Å². The first kappa shape index (κ1) is 16.4. The van der Waals surface area contributed by atoms with Gasteiger partial charge in [-0.2, -0.15) is 0 Å². The fraction of sp³-hybridized carbons (Fsp3) is 0. The SMILES string of the molecule is O=C(C=C(NC(=O)c1ccccc1)c1ccccc1)c1ccccc1. The highest BCUT2D eigenvalue weighted by molar-refractivity contribution is 6.10. The van der Waals surface area contributed by atoms with E-state index in [1.807, 2.05) is 54.6 Å². The zero-order valence-electron chi connectivity index (χ0n) is 13.6. The number of hydrogen-bond acceptors (Lipinski definition) is 2. The predicted octanol–water partition coefficient (Wildman–Crippen LogP) is 4.34. The minimum absolute atomic E-state index is 0.159. The van der Waals surface area contributed by atoms with Crippen molar-refractivity contribution < 1.29 is 9.59 Å². The first-order valence-electron chi connectivity index (χ1n) is 7.97. The molecule has 0 saturated heterocycles. The highest BCUT2D eigenvalue weighted by atomic mass is 16.1. The fourth-order valence-electron chi connectivity index (χ4n) is 2.41. The third-order valence-corrected chi connectivity index (χ3v) is 3.70. The number of hydrogen-bond donors (Lipinski definition) is 1. The van der Waals surface area contributed by atoms with Crippen LogP contribution in [0.4, 0.5) is 0 Å². The van der Waals surface area contributed by atoms with Crippen LogP contribution in [0.3, 0.4) is 0 Å². The molecule has 1 N–H and O–H groups in total. The summed E-state index contributed by atoms with van der Waals surface area (Å²) in [6.07, 6.45) is 1.46. The lowest BCUT2D eigenvalue weighted by Crippen LogP contribution is -2.22. The molecule has 0 heterocycles. The summed E-state index contributed by atoms with van der Waals surface area (Å²) < 4.78 is 0. The molecule has 25 heavy (non-hydrogen) atoms. The van der Waals surface area contributed by atoms with E-state index in [0.29, 0.717) is 16.8 Å². The Bertz CT molecular complexity index is 885. The van der Waals surface area contributed by atoms with Gasteiger partial charge >= 0.3 is 0 Å². The Morgan fingerprint density at radius 2 is 1.04 bits per heavy atom. The maximum atomic E-state index is 12.5. The van der Waals surface area contributed by atoms with Crippen LogP contribution < -0.4 is 5.32 Å². The van der Waals surface area contributed by atoms with Gasteiger partial charge in [0.25, 0.3) is 5.91 Å². The maximum Gasteiger partial charge on any atom is 0.255 e. The van der Waals surface area contributed by atoms with Crippen molar-refractivity contribution >= 4 is 17.4 Å². The molecular formula is C22H17NO2. The zero-order chi connectivity index (χ0) is 17.5. The number of amides is 1. The third kappa shape index (κ3) is 4.30. The first-order valence-corrected chi connectivity index (χ1v) is 7.97. The molecule has 0 aliphatic heterocycles. The molecule has 0 spiro atoms. The minimum atomic E-state index is -0.253. The summed E-state index contributed by atoms with van der Waals surface area (Å²) in [5.74, 6) is -0.413. The Morgan fingerprint density at radius 3 is 1.56 bits per heavy atom. The lowest BCUT2D eigenvalue weighted by molar-refractivity contribution is 0.0974. The van der Waals surface area contributed by atoms with Gasteiger partial charge in [0.2, 0.25) is 0 Å². The van der Waals surface area contributed by atoms with Gasteiger partial charge in [-0.25, -0.2) is 0 Å². The van der Waals surface area contributed by atoms with Gasteiger partial charge in [-0.1, -0.05) is 78.9 Å². The molecule has 0 atom stereocenters. The summed E-state index contributed by atoms with van der Waals surface area (Å²) in [7, 11) is 0. The van der Waals surface area contributed by atoms with Crippen molar-refractivity contribution in [1.29, 1.82) is 0 Å². The average Bonchev–Trinajstić information content (AvgIpc) is 2.69. The molecule has 0 aliphatic rings. The van der Waals surface area contributed by atoms with Crippen LogP contribution in [0.1, 0.15) is 26.3 Å². The highest BCUT2D eigenvalue weighted by Crippen LogP contribution is 2.14. The molecule has 3 aromatic carbocycles. The van der Waals surface area contributed by atoms with Crippen LogP contribution in [0.5, 0.6) is 0 Å². The molecule has 0 aliphatic carbocycles. The van der Waals surface area contributed by atoms with E-state index < -0.39 is 0 Å². The van der Waals surface area contributed by atoms with Crippen LogP contribution in [0.15, 0.2) is 97.1 Å². The van der Waals surface area contributed by atoms with Crippen molar-refractivity contribution in [3.63, 3.8) is 0 Å². The van der Waals surface area contributed by atoms with Gasteiger partial charge in [-0.15, -0.1) is 0 Å². The second kappa shape index (κ2) is 7.88. The lowest BCUT2D eigenvalue weighted by Gasteiger charge is -2.10. The Kier molecular flexibility index (Phi) is 5.17. The van der Waals surface area contributed by atoms with E-state index in [-0.39, 0.29) is 11.7 Å². The molecule has 3 rings (SSSR count). The van der Waals surface area contributed by atoms with Crippen LogP contribution in [-0.4, -0.2) is 11.7 Å². The van der Waals surface area contributed by atoms with Crippen molar-refractivity contribution in [2.75, 3.05) is 0 Å². The Balaban J connectivity index is 1.92. The molecule has 0 saturated carbocycles. The molecule has 1 amide bonds. The third-order valence-electron chi connectivity index (χ3n) is 3.70. The second-order valence-electron chi connectivity index (χ2n) is 5.47. The largest absolute Gasteiger partial charge is 0.321 e. The fourth-order valence-corrected chi connectivity index (χ4v) is 2.41. The first-order chi connectivity index (χ1) is 12.2. The Labute approximate surface area is 146 Å². The number of ketones is 1. The summed E-state index contributed by atoms with van der Waals surface area (Å²) >= 11 is 0. The van der Waals surface area contributed by atoms with Gasteiger partial charge < -0.3 is 5.32 Å². The van der Waals surface area contributed by atoms with E-state index in [1.165, 1.54) is 6.08 Å².